The number of aliphatic hydroxyl groups excluding tert-OH is 5. The van der Waals surface area contributed by atoms with Crippen LogP contribution in [0.3, 0.4) is 0 Å². The van der Waals surface area contributed by atoms with Gasteiger partial charge in [0.1, 0.15) is 89.2 Å². The van der Waals surface area contributed by atoms with Gasteiger partial charge in [-0.2, -0.15) is 0 Å². The minimum absolute atomic E-state index is 0.0445. The molecule has 18 atom stereocenters. The first-order valence-electron chi connectivity index (χ1n) is 33.4. The lowest BCUT2D eigenvalue weighted by Crippen LogP contribution is -2.64. The molecule has 0 aliphatic carbocycles. The topological polar surface area (TPSA) is 550 Å². The van der Waals surface area contributed by atoms with Gasteiger partial charge in [0.2, 0.25) is 53.4 Å². The number of amides is 7. The number of aromatic nitrogens is 2. The largest absolute Gasteiger partial charge is 0.508 e. The van der Waals surface area contributed by atoms with Crippen molar-refractivity contribution in [2.24, 2.45) is 23.3 Å². The molecule has 21 N–H and O–H groups in total. The number of rotatable bonds is 14. The summed E-state index contributed by atoms with van der Waals surface area (Å²) >= 11 is 15.2. The van der Waals surface area contributed by atoms with Crippen LogP contribution in [-0.2, 0) is 52.6 Å². The van der Waals surface area contributed by atoms with Gasteiger partial charge in [-0.3, -0.25) is 33.6 Å². The first-order valence-corrected chi connectivity index (χ1v) is 35.2. The standard InChI is InChI=1S/C70H77Cl2N11O23S/c1-25(2)14-26(3)61(93)82-52-54(88)29-7-10-40(35(71)16-29)102-42-18-31-19-43(58(42)106-68-59(105-47-23-70(5,75)60(92)27(4)101-47)57(91)56(90)44(104-68)24-107-69-76-13-12-45(73)78-69)103-41-11-8-30(17-36(41)72)55(89)53-66(98)81-51(67(99)100)34-20-32(84)21-39(86)48(34)33-15-28(6-9-38(33)85)49(63(95)83-53)80-64(96)50(31)79-62(94)37(22-46(74)87)77-65(52)97/h6-13,15-21,25-27,37,44,47,49-57,59-60,68,84-86,88-92H,14,22-24,75H2,1-5H3,(H2,74,87)(H,77,97)(H,79,94)(H,80,96)(H,81,98)(H,82,93)(H,83,95)(H,99,100)(H2,73,76,78)/t26-,27?,37+,44?,47?,49?,50-,51-,52-,53+,54-,55-,56?,57?,59?,60?,68?,70?/m1/s1. The molecule has 0 radical (unpaired) electrons. The van der Waals surface area contributed by atoms with Crippen molar-refractivity contribution in [2.45, 2.75) is 162 Å². The van der Waals surface area contributed by atoms with Crippen molar-refractivity contribution in [2.75, 3.05) is 11.5 Å². The summed E-state index contributed by atoms with van der Waals surface area (Å²) in [5.74, 6) is -16.6. The molecule has 8 heterocycles. The van der Waals surface area contributed by atoms with Crippen molar-refractivity contribution in [1.29, 1.82) is 0 Å². The lowest BCUT2D eigenvalue weighted by molar-refractivity contribution is -0.329. The number of aliphatic carboxylic acids is 1. The maximum Gasteiger partial charge on any atom is 0.330 e. The number of primary amides is 1. The van der Waals surface area contributed by atoms with E-state index in [2.05, 4.69) is 41.9 Å². The number of halogens is 2. The molecular weight excluding hydrogens is 1470 g/mol. The number of benzene rings is 5. The van der Waals surface area contributed by atoms with E-state index in [0.29, 0.717) is 6.42 Å². The van der Waals surface area contributed by atoms with Crippen LogP contribution in [0.25, 0.3) is 11.1 Å². The lowest BCUT2D eigenvalue weighted by Gasteiger charge is -2.47. The fourth-order valence-corrected chi connectivity index (χ4v) is 14.4. The fraction of sp³-hybridized carbons (Fsp3) is 0.400. The van der Waals surface area contributed by atoms with Crippen molar-refractivity contribution in [3.05, 3.63) is 129 Å². The summed E-state index contributed by atoms with van der Waals surface area (Å²) in [5.41, 5.74) is 14.1. The molecule has 0 spiro atoms. The molecule has 5 aromatic carbocycles. The summed E-state index contributed by atoms with van der Waals surface area (Å²) in [6.07, 6.45) is -16.7. The molecule has 0 saturated carbocycles. The van der Waals surface area contributed by atoms with Crippen molar-refractivity contribution < 1.29 is 113 Å². The molecule has 7 aliphatic heterocycles. The highest BCUT2D eigenvalue weighted by Crippen LogP contribution is 2.50. The highest BCUT2D eigenvalue weighted by Gasteiger charge is 2.52. The number of fused-ring (bicyclic) bond motifs is 15. The van der Waals surface area contributed by atoms with Crippen molar-refractivity contribution >= 4 is 88.1 Å². The number of nitrogens with one attached hydrogen (secondary N) is 6. The van der Waals surface area contributed by atoms with Crippen LogP contribution in [0.5, 0.6) is 46.0 Å². The number of phenolic OH excluding ortho intramolecular Hbond substituents is 3. The number of ether oxygens (including phenoxy) is 6. The predicted molar refractivity (Wildman–Crippen MR) is 376 cm³/mol. The molecule has 37 heteroatoms. The van der Waals surface area contributed by atoms with Crippen LogP contribution in [0.1, 0.15) is 112 Å². The monoisotopic (exact) mass is 1540 g/mol. The Kier molecular flexibility index (Phi) is 23.3. The Morgan fingerprint density at radius 3 is 1.97 bits per heavy atom. The van der Waals surface area contributed by atoms with Gasteiger partial charge in [-0.15, -0.1) is 0 Å². The molecule has 1 aromatic heterocycles. The molecule has 2 saturated heterocycles. The number of carbonyl (C=O) groups is 8. The third kappa shape index (κ3) is 17.1. The number of hydrogen-bond donors (Lipinski definition) is 18. The number of hydrogen-bond acceptors (Lipinski definition) is 27. The zero-order valence-corrected chi connectivity index (χ0v) is 59.7. The maximum atomic E-state index is 16.2. The van der Waals surface area contributed by atoms with E-state index in [4.69, 9.17) is 68.8 Å². The van der Waals surface area contributed by atoms with E-state index in [-0.39, 0.29) is 62.3 Å². The van der Waals surface area contributed by atoms with Gasteiger partial charge in [-0.05, 0) is 109 Å². The summed E-state index contributed by atoms with van der Waals surface area (Å²) in [4.78, 5) is 126. The van der Waals surface area contributed by atoms with Crippen LogP contribution in [0, 0.1) is 11.8 Å². The third-order valence-corrected chi connectivity index (χ3v) is 20.1. The smallest absolute Gasteiger partial charge is 0.330 e. The fourth-order valence-electron chi connectivity index (χ4n) is 13.1. The Morgan fingerprint density at radius 2 is 1.36 bits per heavy atom. The number of aromatic hydroxyl groups is 3. The molecule has 2 fully saturated rings. The number of carboxylic acids is 1. The normalized spacial score (nSPS) is 28.4. The van der Waals surface area contributed by atoms with Crippen LogP contribution in [-0.4, -0.2) is 182 Å². The van der Waals surface area contributed by atoms with Crippen LogP contribution in [0.15, 0.2) is 96.3 Å². The van der Waals surface area contributed by atoms with E-state index < -0.39 is 225 Å². The lowest BCUT2D eigenvalue weighted by atomic mass is 9.86. The number of nitrogen functional groups attached to an aromatic ring is 1. The molecule has 10 unspecified atom stereocenters. The second kappa shape index (κ2) is 31.9. The number of thioether (sulfide) groups is 1. The van der Waals surface area contributed by atoms with Gasteiger partial charge in [0.25, 0.3) is 0 Å². The van der Waals surface area contributed by atoms with E-state index in [9.17, 15) is 69.9 Å². The highest BCUT2D eigenvalue weighted by molar-refractivity contribution is 7.99. The number of nitrogens with zero attached hydrogens (tertiary/aromatic N) is 2. The number of carboxylic acid groups (broad SMARTS) is 1. The molecule has 570 valence electrons. The Hall–Kier alpha value is -9.89. The van der Waals surface area contributed by atoms with Gasteiger partial charge in [0, 0.05) is 52.6 Å². The molecule has 11 bridgehead atoms. The zero-order chi connectivity index (χ0) is 77.5. The van der Waals surface area contributed by atoms with Crippen LogP contribution >= 0.6 is 35.0 Å². The summed E-state index contributed by atoms with van der Waals surface area (Å²) in [7, 11) is 0. The number of nitrogens with two attached hydrogens (primary N) is 3. The molecule has 7 amide bonds. The summed E-state index contributed by atoms with van der Waals surface area (Å²) < 4.78 is 39.4. The van der Waals surface area contributed by atoms with Crippen LogP contribution in [0.4, 0.5) is 5.82 Å². The van der Waals surface area contributed by atoms with Gasteiger partial charge >= 0.3 is 5.97 Å². The number of anilines is 1. The SMILES string of the molecule is CC(C)C[C@@H](C)C(=O)N[C@H]1C(=O)N[C@@H](CC(N)=O)C(=O)N[C@H]2C(=O)NC3C(=O)N[C@H](C(=O)N[C@@H](C(=O)O)c4cc(O)cc(O)c4-c4cc3ccc4O)[C@H](O)c3ccc(c(Cl)c3)Oc3cc2cc(c3OC2OC(CSc3nccc(N)n3)C(O)C(O)C2OC2CC(C)(N)C(O)C(C)O2)Oc2ccc(cc2Cl)[C@H]1O. The number of carbonyl (C=O) groups excluding carboxylic acids is 7. The predicted octanol–water partition coefficient (Wildman–Crippen LogP) is 2.33. The van der Waals surface area contributed by atoms with E-state index in [1.54, 1.807) is 6.92 Å². The van der Waals surface area contributed by atoms with Gasteiger partial charge in [-0.1, -0.05) is 73.9 Å². The van der Waals surface area contributed by atoms with Crippen LogP contribution < -0.4 is 63.3 Å². The maximum absolute atomic E-state index is 16.2. The summed E-state index contributed by atoms with van der Waals surface area (Å²) in [6, 6.07) is 1.98. The van der Waals surface area contributed by atoms with Gasteiger partial charge < -0.3 is 123 Å². The number of aliphatic hydroxyl groups is 5. The Morgan fingerprint density at radius 1 is 0.729 bits per heavy atom. The average molecular weight is 1540 g/mol. The van der Waals surface area contributed by atoms with Gasteiger partial charge in [0.05, 0.1) is 34.8 Å². The molecule has 6 aromatic rings. The first-order chi connectivity index (χ1) is 50.5. The Balaban J connectivity index is 1.16. The molecule has 13 rings (SSSR count). The third-order valence-electron chi connectivity index (χ3n) is 18.5. The Labute approximate surface area is 622 Å². The van der Waals surface area contributed by atoms with E-state index in [1.807, 2.05) is 13.8 Å². The highest BCUT2D eigenvalue weighted by atomic mass is 35.5. The second-order valence-electron chi connectivity index (χ2n) is 27.2. The minimum atomic E-state index is -2.34. The molecule has 107 heavy (non-hydrogen) atoms. The first kappa shape index (κ1) is 78.2. The zero-order valence-electron chi connectivity index (χ0n) is 57.4. The quantitative estimate of drug-likeness (QED) is 0.0549. The number of phenols is 3. The van der Waals surface area contributed by atoms with Crippen molar-refractivity contribution in [3.8, 4) is 57.1 Å². The van der Waals surface area contributed by atoms with Crippen molar-refractivity contribution in [1.82, 2.24) is 41.9 Å². The van der Waals surface area contributed by atoms with E-state index in [0.717, 1.165) is 78.5 Å². The van der Waals surface area contributed by atoms with E-state index in [1.165, 1.54) is 38.2 Å². The van der Waals surface area contributed by atoms with Gasteiger partial charge in [-0.25, -0.2) is 14.8 Å². The summed E-state index contributed by atoms with van der Waals surface area (Å²) in [6.45, 7) is 8.28. The average Bonchev–Trinajstić information content (AvgIpc) is 0.768. The minimum Gasteiger partial charge on any atom is -0.508 e. The van der Waals surface area contributed by atoms with Gasteiger partial charge in [0.15, 0.2) is 35.1 Å². The molecule has 34 nitrogen and oxygen atoms in total. The Bertz CT molecular complexity index is 4490. The van der Waals surface area contributed by atoms with Crippen molar-refractivity contribution in [3.63, 3.8) is 0 Å². The molecular formula is C70H77Cl2N11O23S. The van der Waals surface area contributed by atoms with Crippen LogP contribution in [0.2, 0.25) is 10.0 Å². The second-order valence-corrected chi connectivity index (χ2v) is 29.0. The molecule has 7 aliphatic rings. The van der Waals surface area contributed by atoms with E-state index >= 15 is 14.4 Å². The summed E-state index contributed by atoms with van der Waals surface area (Å²) in [5, 5.41) is 119.